The molecule has 0 unspecified atom stereocenters. The summed E-state index contributed by atoms with van der Waals surface area (Å²) in [5, 5.41) is 24.1. The minimum Gasteiger partial charge on any atom is -0.508 e. The first kappa shape index (κ1) is 20.0. The summed E-state index contributed by atoms with van der Waals surface area (Å²) >= 11 is 3.83. The van der Waals surface area contributed by atoms with Gasteiger partial charge in [0.2, 0.25) is 0 Å². The van der Waals surface area contributed by atoms with Crippen molar-refractivity contribution in [2.24, 2.45) is 5.10 Å². The molecule has 0 spiro atoms. The van der Waals surface area contributed by atoms with Gasteiger partial charge in [0, 0.05) is 17.6 Å². The quantitative estimate of drug-likeness (QED) is 0.402. The van der Waals surface area contributed by atoms with Gasteiger partial charge in [-0.3, -0.25) is 14.9 Å². The number of hydrogen-bond donors (Lipinski definition) is 2. The van der Waals surface area contributed by atoms with E-state index in [1.807, 2.05) is 47.8 Å². The lowest BCUT2D eigenvalue weighted by Gasteiger charge is -2.10. The van der Waals surface area contributed by atoms with E-state index in [0.29, 0.717) is 10.3 Å². The molecule has 1 aliphatic heterocycles. The smallest absolute Gasteiger partial charge is 0.278 e. The van der Waals surface area contributed by atoms with Crippen LogP contribution in [0, 0.1) is 10.1 Å². The van der Waals surface area contributed by atoms with Gasteiger partial charge in [0.1, 0.15) is 11.5 Å². The third-order valence-electron chi connectivity index (χ3n) is 3.74. The molecular formula is C18H17N3O5S2. The molecule has 146 valence electrons. The summed E-state index contributed by atoms with van der Waals surface area (Å²) in [5.41, 5.74) is 3.30. The summed E-state index contributed by atoms with van der Waals surface area (Å²) in [5.74, 6) is 2.23. The van der Waals surface area contributed by atoms with E-state index in [1.54, 1.807) is 0 Å². The van der Waals surface area contributed by atoms with Crippen molar-refractivity contribution in [3.8, 4) is 11.5 Å². The fraction of sp³-hybridized carbons (Fsp3) is 0.222. The predicted octanol–water partition coefficient (Wildman–Crippen LogP) is 3.31. The predicted molar refractivity (Wildman–Crippen MR) is 110 cm³/mol. The van der Waals surface area contributed by atoms with Crippen LogP contribution in [0.5, 0.6) is 11.5 Å². The average Bonchev–Trinajstić information content (AvgIpc) is 3.21. The maximum absolute atomic E-state index is 11.8. The molecule has 1 saturated heterocycles. The standard InChI is InChI=1S/C18H17N3O5S2/c22-14-3-6-16(21(24)25)13(9-14)10-19-20-17(23)11-26-15-4-1-12(2-5-15)18-27-7-8-28-18/h1-6,9-10,18,22H,7-8,11H2,(H,20,23)/b19-10-. The molecule has 1 amide bonds. The Morgan fingerprint density at radius 2 is 2.00 bits per heavy atom. The number of rotatable bonds is 7. The summed E-state index contributed by atoms with van der Waals surface area (Å²) < 4.78 is 5.87. The van der Waals surface area contributed by atoms with Crippen LogP contribution in [0.1, 0.15) is 15.7 Å². The molecular weight excluding hydrogens is 402 g/mol. The number of phenolic OH excluding ortho intramolecular Hbond substituents is 1. The second-order valence-electron chi connectivity index (χ2n) is 5.72. The second kappa shape index (κ2) is 9.47. The number of nitrogens with zero attached hydrogens (tertiary/aromatic N) is 2. The van der Waals surface area contributed by atoms with Gasteiger partial charge < -0.3 is 9.84 Å². The van der Waals surface area contributed by atoms with Crippen LogP contribution in [0.15, 0.2) is 47.6 Å². The largest absolute Gasteiger partial charge is 0.508 e. The molecule has 28 heavy (non-hydrogen) atoms. The number of ether oxygens (including phenoxy) is 1. The van der Waals surface area contributed by atoms with Gasteiger partial charge >= 0.3 is 0 Å². The van der Waals surface area contributed by atoms with Gasteiger partial charge in [0.05, 0.1) is 21.3 Å². The van der Waals surface area contributed by atoms with E-state index < -0.39 is 10.8 Å². The number of hydrogen-bond acceptors (Lipinski definition) is 8. The van der Waals surface area contributed by atoms with E-state index in [-0.39, 0.29) is 23.6 Å². The van der Waals surface area contributed by atoms with Gasteiger partial charge in [-0.05, 0) is 29.8 Å². The minimum absolute atomic E-state index is 0.0736. The van der Waals surface area contributed by atoms with Crippen LogP contribution in [0.25, 0.3) is 0 Å². The SMILES string of the molecule is O=C(COc1ccc(C2SCCS2)cc1)N/N=C\c1cc(O)ccc1[N+](=O)[O-]. The number of carbonyl (C=O) groups excluding carboxylic acids is 1. The monoisotopic (exact) mass is 419 g/mol. The number of carbonyl (C=O) groups is 1. The van der Waals surface area contributed by atoms with Crippen LogP contribution < -0.4 is 10.2 Å². The lowest BCUT2D eigenvalue weighted by Crippen LogP contribution is -2.24. The number of nitro groups is 1. The van der Waals surface area contributed by atoms with E-state index in [2.05, 4.69) is 10.5 Å². The molecule has 8 nitrogen and oxygen atoms in total. The van der Waals surface area contributed by atoms with Crippen LogP contribution in [0.2, 0.25) is 0 Å². The van der Waals surface area contributed by atoms with Crippen molar-refractivity contribution in [1.29, 1.82) is 0 Å². The molecule has 0 saturated carbocycles. The van der Waals surface area contributed by atoms with E-state index in [1.165, 1.54) is 17.7 Å². The Morgan fingerprint density at radius 3 is 2.68 bits per heavy atom. The van der Waals surface area contributed by atoms with Crippen molar-refractivity contribution < 1.29 is 19.6 Å². The van der Waals surface area contributed by atoms with Crippen molar-refractivity contribution in [2.75, 3.05) is 18.1 Å². The van der Waals surface area contributed by atoms with Gasteiger partial charge in [-0.25, -0.2) is 5.43 Å². The molecule has 0 aliphatic carbocycles. The van der Waals surface area contributed by atoms with Crippen molar-refractivity contribution >= 4 is 41.3 Å². The zero-order chi connectivity index (χ0) is 19.9. The first-order chi connectivity index (χ1) is 13.5. The highest BCUT2D eigenvalue weighted by molar-refractivity contribution is 8.19. The van der Waals surface area contributed by atoms with Crippen LogP contribution in [0.3, 0.4) is 0 Å². The molecule has 3 rings (SSSR count). The van der Waals surface area contributed by atoms with E-state index in [4.69, 9.17) is 4.74 Å². The maximum Gasteiger partial charge on any atom is 0.278 e. The fourth-order valence-electron chi connectivity index (χ4n) is 2.44. The Morgan fingerprint density at radius 1 is 1.29 bits per heavy atom. The Bertz CT molecular complexity index is 883. The highest BCUT2D eigenvalue weighted by Crippen LogP contribution is 2.45. The molecule has 1 aliphatic rings. The van der Waals surface area contributed by atoms with E-state index >= 15 is 0 Å². The van der Waals surface area contributed by atoms with E-state index in [9.17, 15) is 20.0 Å². The molecule has 1 heterocycles. The van der Waals surface area contributed by atoms with Crippen LogP contribution >= 0.6 is 23.5 Å². The van der Waals surface area contributed by atoms with Crippen LogP contribution in [-0.4, -0.2) is 40.3 Å². The molecule has 2 aromatic carbocycles. The zero-order valence-electron chi connectivity index (χ0n) is 14.6. The number of thioether (sulfide) groups is 2. The third kappa shape index (κ3) is 5.40. The molecule has 0 bridgehead atoms. The normalized spacial score (nSPS) is 14.3. The van der Waals surface area contributed by atoms with Crippen LogP contribution in [-0.2, 0) is 4.79 Å². The Kier molecular flexibility index (Phi) is 6.77. The lowest BCUT2D eigenvalue weighted by molar-refractivity contribution is -0.385. The molecule has 1 fully saturated rings. The lowest BCUT2D eigenvalue weighted by atomic mass is 10.2. The first-order valence-corrected chi connectivity index (χ1v) is 10.4. The molecule has 2 N–H and O–H groups in total. The molecule has 0 atom stereocenters. The van der Waals surface area contributed by atoms with Crippen molar-refractivity contribution in [1.82, 2.24) is 5.43 Å². The summed E-state index contributed by atoms with van der Waals surface area (Å²) in [6, 6.07) is 11.2. The topological polar surface area (TPSA) is 114 Å². The van der Waals surface area contributed by atoms with Crippen LogP contribution in [0.4, 0.5) is 5.69 Å². The molecule has 2 aromatic rings. The molecule has 0 radical (unpaired) electrons. The number of nitro benzene ring substituents is 1. The third-order valence-corrected chi connectivity index (χ3v) is 6.85. The van der Waals surface area contributed by atoms with Crippen molar-refractivity contribution in [3.63, 3.8) is 0 Å². The van der Waals surface area contributed by atoms with E-state index in [0.717, 1.165) is 23.8 Å². The Balaban J connectivity index is 1.50. The zero-order valence-corrected chi connectivity index (χ0v) is 16.2. The highest BCUT2D eigenvalue weighted by atomic mass is 32.2. The van der Waals surface area contributed by atoms with Crippen molar-refractivity contribution in [3.05, 3.63) is 63.7 Å². The molecule has 0 aromatic heterocycles. The summed E-state index contributed by atoms with van der Waals surface area (Å²) in [4.78, 5) is 22.2. The maximum atomic E-state index is 11.8. The fourth-order valence-corrected chi connectivity index (χ4v) is 5.30. The second-order valence-corrected chi connectivity index (χ2v) is 8.45. The minimum atomic E-state index is -0.599. The first-order valence-electron chi connectivity index (χ1n) is 8.28. The molecule has 10 heteroatoms. The summed E-state index contributed by atoms with van der Waals surface area (Å²) in [7, 11) is 0. The average molecular weight is 419 g/mol. The number of amides is 1. The number of phenols is 1. The number of benzene rings is 2. The number of hydrazone groups is 1. The van der Waals surface area contributed by atoms with Gasteiger partial charge in [-0.15, -0.1) is 23.5 Å². The highest BCUT2D eigenvalue weighted by Gasteiger charge is 2.18. The van der Waals surface area contributed by atoms with Crippen molar-refractivity contribution in [2.45, 2.75) is 4.58 Å². The summed E-state index contributed by atoms with van der Waals surface area (Å²) in [6.07, 6.45) is 1.10. The van der Waals surface area contributed by atoms with Gasteiger partial charge in [-0.2, -0.15) is 5.10 Å². The van der Waals surface area contributed by atoms with Gasteiger partial charge in [-0.1, -0.05) is 12.1 Å². The Hall–Kier alpha value is -2.72. The van der Waals surface area contributed by atoms with Gasteiger partial charge in [0.15, 0.2) is 6.61 Å². The Labute approximate surface area is 169 Å². The van der Waals surface area contributed by atoms with Gasteiger partial charge in [0.25, 0.3) is 11.6 Å². The number of aromatic hydroxyl groups is 1. The number of nitrogens with one attached hydrogen (secondary N) is 1. The summed E-state index contributed by atoms with van der Waals surface area (Å²) in [6.45, 7) is -0.244.